The maximum absolute atomic E-state index is 12.8. The van der Waals surface area contributed by atoms with Crippen LogP contribution in [0.5, 0.6) is 0 Å². The van der Waals surface area contributed by atoms with Gasteiger partial charge in [0.1, 0.15) is 0 Å². The molecule has 3 rings (SSSR count). The van der Waals surface area contributed by atoms with Crippen LogP contribution >= 0.6 is 0 Å². The van der Waals surface area contributed by atoms with Crippen molar-refractivity contribution < 1.29 is 9.59 Å². The lowest BCUT2D eigenvalue weighted by Gasteiger charge is -2.31. The minimum Gasteiger partial charge on any atom is -0.352 e. The highest BCUT2D eigenvalue weighted by molar-refractivity contribution is 5.92. The molecule has 0 saturated heterocycles. The molecule has 6 nitrogen and oxygen atoms in total. The number of primary amides is 1. The summed E-state index contributed by atoms with van der Waals surface area (Å²) in [5.41, 5.74) is 8.08. The molecule has 1 atom stereocenters. The molecule has 30 heavy (non-hydrogen) atoms. The van der Waals surface area contributed by atoms with E-state index in [0.29, 0.717) is 6.04 Å². The molecule has 0 radical (unpaired) electrons. The third-order valence-corrected chi connectivity index (χ3v) is 5.82. The van der Waals surface area contributed by atoms with Crippen LogP contribution in [0.15, 0.2) is 54.6 Å². The second kappa shape index (κ2) is 10.8. The van der Waals surface area contributed by atoms with E-state index < -0.39 is 12.1 Å². The Bertz CT molecular complexity index is 834. The molecule has 2 aromatic carbocycles. The molecular weight excluding hydrogens is 376 g/mol. The second-order valence-corrected chi connectivity index (χ2v) is 8.09. The number of para-hydroxylation sites is 1. The summed E-state index contributed by atoms with van der Waals surface area (Å²) >= 11 is 0. The van der Waals surface area contributed by atoms with Crippen molar-refractivity contribution in [3.63, 3.8) is 0 Å². The van der Waals surface area contributed by atoms with E-state index in [4.69, 9.17) is 5.73 Å². The first-order chi connectivity index (χ1) is 14.5. The number of nitrogens with zero attached hydrogens (tertiary/aromatic N) is 1. The zero-order chi connectivity index (χ0) is 21.3. The molecule has 4 N–H and O–H groups in total. The predicted molar refractivity (Wildman–Crippen MR) is 120 cm³/mol. The smallest absolute Gasteiger partial charge is 0.312 e. The van der Waals surface area contributed by atoms with Crippen molar-refractivity contribution in [2.24, 2.45) is 5.73 Å². The van der Waals surface area contributed by atoms with Gasteiger partial charge in [0.05, 0.1) is 12.5 Å². The molecule has 1 saturated carbocycles. The van der Waals surface area contributed by atoms with Crippen molar-refractivity contribution >= 4 is 17.6 Å². The molecule has 0 spiro atoms. The Kier molecular flexibility index (Phi) is 7.85. The summed E-state index contributed by atoms with van der Waals surface area (Å²) in [4.78, 5) is 26.6. The van der Waals surface area contributed by atoms with Crippen molar-refractivity contribution in [3.8, 4) is 0 Å². The Labute approximate surface area is 178 Å². The summed E-state index contributed by atoms with van der Waals surface area (Å²) in [7, 11) is 2.16. The highest BCUT2D eigenvalue weighted by Gasteiger charge is 2.20. The van der Waals surface area contributed by atoms with E-state index in [1.165, 1.54) is 32.1 Å². The van der Waals surface area contributed by atoms with Gasteiger partial charge in [0.25, 0.3) is 0 Å². The van der Waals surface area contributed by atoms with Crippen LogP contribution < -0.4 is 16.4 Å². The van der Waals surface area contributed by atoms with Crippen LogP contribution in [-0.2, 0) is 11.3 Å². The number of hydrogen-bond acceptors (Lipinski definition) is 3. The molecule has 3 amide bonds. The normalized spacial score (nSPS) is 15.5. The number of hydrogen-bond donors (Lipinski definition) is 3. The Balaban J connectivity index is 1.66. The number of amides is 3. The van der Waals surface area contributed by atoms with Gasteiger partial charge >= 0.3 is 6.03 Å². The van der Waals surface area contributed by atoms with Crippen LogP contribution in [-0.4, -0.2) is 29.9 Å². The molecule has 0 aromatic heterocycles. The molecule has 0 aliphatic heterocycles. The van der Waals surface area contributed by atoms with Crippen molar-refractivity contribution in [2.45, 2.75) is 57.2 Å². The average molecular weight is 409 g/mol. The fourth-order valence-electron chi connectivity index (χ4n) is 4.20. The minimum atomic E-state index is -0.647. The van der Waals surface area contributed by atoms with Gasteiger partial charge in [-0.25, -0.2) is 4.79 Å². The van der Waals surface area contributed by atoms with Crippen LogP contribution in [0.3, 0.4) is 0 Å². The lowest BCUT2D eigenvalue weighted by molar-refractivity contribution is -0.116. The van der Waals surface area contributed by atoms with Crippen LogP contribution in [0.25, 0.3) is 0 Å². The Morgan fingerprint density at radius 1 is 1.03 bits per heavy atom. The molecule has 0 unspecified atom stereocenters. The predicted octanol–water partition coefficient (Wildman–Crippen LogP) is 4.19. The molecule has 1 aliphatic carbocycles. The second-order valence-electron chi connectivity index (χ2n) is 8.09. The van der Waals surface area contributed by atoms with E-state index in [9.17, 15) is 9.59 Å². The van der Waals surface area contributed by atoms with Crippen LogP contribution in [0.4, 0.5) is 10.5 Å². The third-order valence-electron chi connectivity index (χ3n) is 5.82. The van der Waals surface area contributed by atoms with Crippen LogP contribution in [0, 0.1) is 0 Å². The molecule has 6 heteroatoms. The molecular formula is C24H32N4O2. The number of rotatable bonds is 8. The monoisotopic (exact) mass is 408 g/mol. The molecule has 0 bridgehead atoms. The number of anilines is 1. The van der Waals surface area contributed by atoms with Gasteiger partial charge in [-0.1, -0.05) is 67.8 Å². The minimum absolute atomic E-state index is 0.111. The van der Waals surface area contributed by atoms with Crippen LogP contribution in [0.1, 0.15) is 55.7 Å². The summed E-state index contributed by atoms with van der Waals surface area (Å²) in [6.07, 6.45) is 6.51. The Morgan fingerprint density at radius 2 is 1.70 bits per heavy atom. The molecule has 160 valence electrons. The van der Waals surface area contributed by atoms with Crippen molar-refractivity contribution in [1.29, 1.82) is 0 Å². The van der Waals surface area contributed by atoms with Gasteiger partial charge in [-0.05, 0) is 37.1 Å². The topological polar surface area (TPSA) is 87.5 Å². The number of benzene rings is 2. The number of carbonyl (C=O) groups excluding carboxylic acids is 2. The number of nitrogens with one attached hydrogen (secondary N) is 2. The van der Waals surface area contributed by atoms with E-state index in [0.717, 1.165) is 23.4 Å². The molecule has 1 fully saturated rings. The Hall–Kier alpha value is -2.86. The highest BCUT2D eigenvalue weighted by atomic mass is 16.2. The molecule has 2 aromatic rings. The average Bonchev–Trinajstić information content (AvgIpc) is 2.75. The van der Waals surface area contributed by atoms with Gasteiger partial charge in [-0.15, -0.1) is 0 Å². The maximum Gasteiger partial charge on any atom is 0.312 e. The van der Waals surface area contributed by atoms with Crippen molar-refractivity contribution in [3.05, 3.63) is 65.7 Å². The van der Waals surface area contributed by atoms with E-state index in [-0.39, 0.29) is 12.3 Å². The van der Waals surface area contributed by atoms with Crippen LogP contribution in [0.2, 0.25) is 0 Å². The fourth-order valence-corrected chi connectivity index (χ4v) is 4.20. The van der Waals surface area contributed by atoms with Gasteiger partial charge in [0.15, 0.2) is 0 Å². The van der Waals surface area contributed by atoms with Crippen molar-refractivity contribution in [1.82, 2.24) is 10.2 Å². The van der Waals surface area contributed by atoms with Crippen molar-refractivity contribution in [2.75, 3.05) is 12.4 Å². The van der Waals surface area contributed by atoms with E-state index >= 15 is 0 Å². The number of nitrogens with two attached hydrogens (primary N) is 1. The Morgan fingerprint density at radius 3 is 2.40 bits per heavy atom. The first-order valence-corrected chi connectivity index (χ1v) is 10.7. The van der Waals surface area contributed by atoms with Gasteiger partial charge < -0.3 is 16.4 Å². The summed E-state index contributed by atoms with van der Waals surface area (Å²) in [5.74, 6) is -0.162. The molecule has 0 heterocycles. The SMILES string of the molecule is CN(Cc1ccccc1NC(=O)C[C@@H](NC(N)=O)c1ccccc1)C1CCCCC1. The fraction of sp³-hybridized carbons (Fsp3) is 0.417. The van der Waals surface area contributed by atoms with Gasteiger partial charge in [-0.3, -0.25) is 9.69 Å². The summed E-state index contributed by atoms with van der Waals surface area (Å²) < 4.78 is 0. The summed E-state index contributed by atoms with van der Waals surface area (Å²) in [5, 5.41) is 5.71. The summed E-state index contributed by atoms with van der Waals surface area (Å²) in [6, 6.07) is 16.8. The molecule has 1 aliphatic rings. The standard InChI is InChI=1S/C24H32N4O2/c1-28(20-13-6-3-7-14-20)17-19-12-8-9-15-21(19)26-23(29)16-22(27-24(25)30)18-10-4-2-5-11-18/h2,4-5,8-12,15,20,22H,3,6-7,13-14,16-17H2,1H3,(H,26,29)(H3,25,27,30)/t22-/m1/s1. The number of carbonyl (C=O) groups is 2. The quantitative estimate of drug-likeness (QED) is 0.612. The third kappa shape index (κ3) is 6.32. The first kappa shape index (κ1) is 21.8. The lowest BCUT2D eigenvalue weighted by Crippen LogP contribution is -2.35. The zero-order valence-corrected chi connectivity index (χ0v) is 17.6. The van der Waals surface area contributed by atoms with E-state index in [1.54, 1.807) is 0 Å². The first-order valence-electron chi connectivity index (χ1n) is 10.7. The zero-order valence-electron chi connectivity index (χ0n) is 17.6. The van der Waals surface area contributed by atoms with E-state index in [2.05, 4.69) is 28.6 Å². The van der Waals surface area contributed by atoms with Gasteiger partial charge in [-0.2, -0.15) is 0 Å². The van der Waals surface area contributed by atoms with Gasteiger partial charge in [0.2, 0.25) is 5.91 Å². The largest absolute Gasteiger partial charge is 0.352 e. The van der Waals surface area contributed by atoms with E-state index in [1.807, 2.05) is 48.5 Å². The summed E-state index contributed by atoms with van der Waals surface area (Å²) in [6.45, 7) is 0.794. The number of urea groups is 1. The highest BCUT2D eigenvalue weighted by Crippen LogP contribution is 2.25. The lowest BCUT2D eigenvalue weighted by atomic mass is 9.94. The maximum atomic E-state index is 12.8. The van der Waals surface area contributed by atoms with Gasteiger partial charge in [0, 0.05) is 18.3 Å².